The molecule has 0 fully saturated rings. The maximum atomic E-state index is 10.2. The second kappa shape index (κ2) is 4.68. The van der Waals surface area contributed by atoms with Gasteiger partial charge in [-0.05, 0) is 14.1 Å². The summed E-state index contributed by atoms with van der Waals surface area (Å²) in [6.45, 7) is 0.385. The summed E-state index contributed by atoms with van der Waals surface area (Å²) in [6.07, 6.45) is -0.599. The van der Waals surface area contributed by atoms with Crippen molar-refractivity contribution in [3.63, 3.8) is 0 Å². The number of hydrogen-bond donors (Lipinski definition) is 2. The number of carbonyl (C=O) groups is 2. The zero-order valence-electron chi connectivity index (χ0n) is 6.57. The van der Waals surface area contributed by atoms with Crippen molar-refractivity contribution in [3.8, 4) is 0 Å². The average Bonchev–Trinajstić information content (AvgIpc) is 1.84. The summed E-state index contributed by atoms with van der Waals surface area (Å²) < 4.78 is 0. The summed E-state index contributed by atoms with van der Waals surface area (Å²) in [5.74, 6) is 0. The molecule has 0 rings (SSSR count). The monoisotopic (exact) mass is 160 g/mol. The van der Waals surface area contributed by atoms with Crippen molar-refractivity contribution in [2.45, 2.75) is 6.04 Å². The fourth-order valence-electron chi connectivity index (χ4n) is 0.675. The molecule has 1 amide bonds. The van der Waals surface area contributed by atoms with Gasteiger partial charge in [0.2, 0.25) is 0 Å². The van der Waals surface area contributed by atoms with Crippen molar-refractivity contribution in [1.82, 2.24) is 10.2 Å². The fourth-order valence-corrected chi connectivity index (χ4v) is 0.675. The molecule has 0 saturated heterocycles. The fraction of sp³-hybridized carbons (Fsp3) is 0.667. The lowest BCUT2D eigenvalue weighted by Crippen LogP contribution is -2.42. The van der Waals surface area contributed by atoms with Crippen LogP contribution in [0, 0.1) is 0 Å². The highest BCUT2D eigenvalue weighted by molar-refractivity contribution is 5.71. The molecular formula is C6H12N2O3. The Labute approximate surface area is 65.0 Å². The number of carbonyl (C=O) groups excluding carboxylic acids is 1. The van der Waals surface area contributed by atoms with Crippen LogP contribution >= 0.6 is 0 Å². The molecule has 0 saturated carbocycles. The summed E-state index contributed by atoms with van der Waals surface area (Å²) in [5, 5.41) is 10.3. The topological polar surface area (TPSA) is 69.6 Å². The number of nitrogens with zero attached hydrogens (tertiary/aromatic N) is 1. The van der Waals surface area contributed by atoms with E-state index in [-0.39, 0.29) is 0 Å². The molecule has 0 aromatic heterocycles. The highest BCUT2D eigenvalue weighted by Gasteiger charge is 2.09. The van der Waals surface area contributed by atoms with E-state index in [1.165, 1.54) is 0 Å². The Morgan fingerprint density at radius 2 is 2.27 bits per heavy atom. The lowest BCUT2D eigenvalue weighted by Gasteiger charge is -2.14. The maximum absolute atomic E-state index is 10.2. The van der Waals surface area contributed by atoms with Crippen molar-refractivity contribution >= 4 is 12.4 Å². The minimum Gasteiger partial charge on any atom is -0.465 e. The van der Waals surface area contributed by atoms with Gasteiger partial charge in [0.15, 0.2) is 0 Å². The van der Waals surface area contributed by atoms with Gasteiger partial charge in [-0.25, -0.2) is 4.79 Å². The number of likely N-dealkylation sites (N-methyl/N-ethyl adjacent to an activating group) is 1. The maximum Gasteiger partial charge on any atom is 0.405 e. The highest BCUT2D eigenvalue weighted by Crippen LogP contribution is 1.82. The van der Waals surface area contributed by atoms with Crippen LogP contribution < -0.4 is 5.32 Å². The summed E-state index contributed by atoms with van der Waals surface area (Å²) in [5.41, 5.74) is 0. The van der Waals surface area contributed by atoms with Crippen LogP contribution in [0.2, 0.25) is 0 Å². The highest BCUT2D eigenvalue weighted by atomic mass is 16.4. The first-order valence-electron chi connectivity index (χ1n) is 3.15. The summed E-state index contributed by atoms with van der Waals surface area (Å²) >= 11 is 0. The molecule has 0 aliphatic rings. The quantitative estimate of drug-likeness (QED) is 0.538. The number of aldehydes is 1. The molecular weight excluding hydrogens is 148 g/mol. The first-order chi connectivity index (χ1) is 5.06. The van der Waals surface area contributed by atoms with E-state index >= 15 is 0 Å². The zero-order chi connectivity index (χ0) is 8.85. The van der Waals surface area contributed by atoms with E-state index in [4.69, 9.17) is 5.11 Å². The van der Waals surface area contributed by atoms with E-state index in [1.807, 2.05) is 0 Å². The van der Waals surface area contributed by atoms with Crippen molar-refractivity contribution in [1.29, 1.82) is 0 Å². The summed E-state index contributed by atoms with van der Waals surface area (Å²) in [4.78, 5) is 22.0. The van der Waals surface area contributed by atoms with Crippen LogP contribution in [0.1, 0.15) is 0 Å². The third-order valence-electron chi connectivity index (χ3n) is 1.03. The van der Waals surface area contributed by atoms with Gasteiger partial charge in [0.1, 0.15) is 12.3 Å². The first-order valence-corrected chi connectivity index (χ1v) is 3.15. The summed E-state index contributed by atoms with van der Waals surface area (Å²) in [7, 11) is 3.53. The van der Waals surface area contributed by atoms with Crippen molar-refractivity contribution in [2.24, 2.45) is 0 Å². The molecule has 2 N–H and O–H groups in total. The van der Waals surface area contributed by atoms with Crippen LogP contribution in [0.3, 0.4) is 0 Å². The smallest absolute Gasteiger partial charge is 0.405 e. The molecule has 0 heterocycles. The molecule has 0 aromatic rings. The third kappa shape index (κ3) is 5.35. The Kier molecular flexibility index (Phi) is 4.21. The van der Waals surface area contributed by atoms with E-state index in [0.717, 1.165) is 0 Å². The molecule has 5 heteroatoms. The molecule has 0 aromatic carbocycles. The third-order valence-corrected chi connectivity index (χ3v) is 1.03. The van der Waals surface area contributed by atoms with Crippen LogP contribution in [0.25, 0.3) is 0 Å². The Hall–Kier alpha value is -1.10. The van der Waals surface area contributed by atoms with Crippen LogP contribution in [0.4, 0.5) is 4.79 Å². The predicted molar refractivity (Wildman–Crippen MR) is 39.6 cm³/mol. The van der Waals surface area contributed by atoms with Crippen molar-refractivity contribution < 1.29 is 14.7 Å². The minimum atomic E-state index is -1.18. The molecule has 0 bridgehead atoms. The van der Waals surface area contributed by atoms with E-state index in [2.05, 4.69) is 5.32 Å². The lowest BCUT2D eigenvalue weighted by molar-refractivity contribution is -0.109. The van der Waals surface area contributed by atoms with Gasteiger partial charge < -0.3 is 20.1 Å². The van der Waals surface area contributed by atoms with Gasteiger partial charge in [-0.3, -0.25) is 0 Å². The van der Waals surface area contributed by atoms with Gasteiger partial charge in [0.25, 0.3) is 0 Å². The van der Waals surface area contributed by atoms with E-state index in [1.54, 1.807) is 19.0 Å². The molecule has 11 heavy (non-hydrogen) atoms. The van der Waals surface area contributed by atoms with E-state index in [0.29, 0.717) is 12.8 Å². The van der Waals surface area contributed by atoms with Gasteiger partial charge >= 0.3 is 6.09 Å². The van der Waals surface area contributed by atoms with Crippen molar-refractivity contribution in [3.05, 3.63) is 0 Å². The second-order valence-electron chi connectivity index (χ2n) is 2.45. The van der Waals surface area contributed by atoms with Gasteiger partial charge in [-0.2, -0.15) is 0 Å². The van der Waals surface area contributed by atoms with Gasteiger partial charge in [0, 0.05) is 6.54 Å². The first kappa shape index (κ1) is 9.90. The Morgan fingerprint density at radius 1 is 1.73 bits per heavy atom. The molecule has 64 valence electrons. The standard InChI is InChI=1S/C6H12N2O3/c1-8(2)3-5(4-9)7-6(10)11/h4-5,7H,3H2,1-2H3,(H,10,11). The van der Waals surface area contributed by atoms with Crippen LogP contribution in [0.15, 0.2) is 0 Å². The number of rotatable bonds is 4. The average molecular weight is 160 g/mol. The Balaban J connectivity index is 3.76. The van der Waals surface area contributed by atoms with E-state index in [9.17, 15) is 9.59 Å². The van der Waals surface area contributed by atoms with Gasteiger partial charge in [-0.1, -0.05) is 0 Å². The largest absolute Gasteiger partial charge is 0.465 e. The van der Waals surface area contributed by atoms with Crippen LogP contribution in [0.5, 0.6) is 0 Å². The SMILES string of the molecule is CN(C)CC(C=O)NC(=O)O. The molecule has 0 aliphatic carbocycles. The van der Waals surface area contributed by atoms with Crippen molar-refractivity contribution in [2.75, 3.05) is 20.6 Å². The molecule has 1 unspecified atom stereocenters. The summed E-state index contributed by atoms with van der Waals surface area (Å²) in [6, 6.07) is -0.637. The molecule has 5 nitrogen and oxygen atoms in total. The molecule has 1 atom stereocenters. The number of amides is 1. The number of carboxylic acid groups (broad SMARTS) is 1. The Morgan fingerprint density at radius 3 is 2.55 bits per heavy atom. The van der Waals surface area contributed by atoms with E-state index < -0.39 is 12.1 Å². The number of nitrogens with one attached hydrogen (secondary N) is 1. The van der Waals surface area contributed by atoms with Crippen LogP contribution in [-0.4, -0.2) is 49.1 Å². The minimum absolute atomic E-state index is 0.385. The van der Waals surface area contributed by atoms with Gasteiger partial charge in [0.05, 0.1) is 0 Å². The molecule has 0 spiro atoms. The Bertz CT molecular complexity index is 147. The normalized spacial score (nSPS) is 12.6. The lowest BCUT2D eigenvalue weighted by atomic mass is 10.3. The molecule has 0 radical (unpaired) electrons. The van der Waals surface area contributed by atoms with Crippen LogP contribution in [-0.2, 0) is 4.79 Å². The van der Waals surface area contributed by atoms with Gasteiger partial charge in [-0.15, -0.1) is 0 Å². The number of hydrogen-bond acceptors (Lipinski definition) is 3. The zero-order valence-corrected chi connectivity index (χ0v) is 6.57. The predicted octanol–water partition coefficient (Wildman–Crippen LogP) is -0.617. The second-order valence-corrected chi connectivity index (χ2v) is 2.45. The molecule has 0 aliphatic heterocycles.